The fourth-order valence-electron chi connectivity index (χ4n) is 3.00. The van der Waals surface area contributed by atoms with E-state index in [9.17, 15) is 13.2 Å². The van der Waals surface area contributed by atoms with Gasteiger partial charge in [-0.1, -0.05) is 0 Å². The normalized spacial score (nSPS) is 33.7. The second-order valence-electron chi connectivity index (χ2n) is 5.33. The Balaban J connectivity index is 1.65. The van der Waals surface area contributed by atoms with Crippen molar-refractivity contribution in [2.45, 2.75) is 44.1 Å². The molecule has 6 heteroatoms. The summed E-state index contributed by atoms with van der Waals surface area (Å²) in [5.41, 5.74) is -0.750. The highest BCUT2D eigenvalue weighted by molar-refractivity contribution is 5.21. The van der Waals surface area contributed by atoms with Crippen molar-refractivity contribution in [3.8, 4) is 5.88 Å². The molecule has 0 amide bonds. The lowest BCUT2D eigenvalue weighted by Gasteiger charge is -2.27. The first-order valence-corrected chi connectivity index (χ1v) is 6.39. The molecule has 2 heterocycles. The average molecular weight is 272 g/mol. The van der Waals surface area contributed by atoms with Crippen LogP contribution in [0, 0.1) is 5.92 Å². The highest BCUT2D eigenvalue weighted by Crippen LogP contribution is 2.37. The van der Waals surface area contributed by atoms with Crippen LogP contribution in [-0.2, 0) is 6.18 Å². The molecule has 1 saturated carbocycles. The Morgan fingerprint density at radius 3 is 2.58 bits per heavy atom. The smallest absolute Gasteiger partial charge is 0.417 e. The van der Waals surface area contributed by atoms with E-state index in [1.54, 1.807) is 0 Å². The van der Waals surface area contributed by atoms with Crippen molar-refractivity contribution in [1.29, 1.82) is 0 Å². The quantitative estimate of drug-likeness (QED) is 0.898. The highest BCUT2D eigenvalue weighted by atomic mass is 19.4. The summed E-state index contributed by atoms with van der Waals surface area (Å²) in [5, 5.41) is 3.43. The summed E-state index contributed by atoms with van der Waals surface area (Å²) in [7, 11) is 0. The molecule has 2 bridgehead atoms. The number of rotatable bonds is 2. The van der Waals surface area contributed by atoms with Gasteiger partial charge < -0.3 is 10.1 Å². The number of hydrogen-bond donors (Lipinski definition) is 1. The van der Waals surface area contributed by atoms with Gasteiger partial charge in [-0.05, 0) is 31.7 Å². The molecule has 1 aromatic rings. The van der Waals surface area contributed by atoms with Crippen molar-refractivity contribution in [2.75, 3.05) is 0 Å². The van der Waals surface area contributed by atoms with Gasteiger partial charge >= 0.3 is 6.18 Å². The summed E-state index contributed by atoms with van der Waals surface area (Å²) in [6.07, 6.45) is -1.49. The van der Waals surface area contributed by atoms with Crippen LogP contribution >= 0.6 is 0 Å². The third kappa shape index (κ3) is 2.41. The number of alkyl halides is 3. The van der Waals surface area contributed by atoms with Gasteiger partial charge in [-0.3, -0.25) is 0 Å². The third-order valence-corrected chi connectivity index (χ3v) is 4.06. The molecular formula is C13H15F3N2O. The summed E-state index contributed by atoms with van der Waals surface area (Å²) in [4.78, 5) is 3.74. The molecular weight excluding hydrogens is 257 g/mol. The number of nitrogens with zero attached hydrogens (tertiary/aromatic N) is 1. The summed E-state index contributed by atoms with van der Waals surface area (Å²) < 4.78 is 42.9. The number of aromatic nitrogens is 1. The zero-order valence-corrected chi connectivity index (χ0v) is 10.4. The van der Waals surface area contributed by atoms with Crippen LogP contribution in [0.3, 0.4) is 0 Å². The Labute approximate surface area is 109 Å². The molecule has 2 fully saturated rings. The Morgan fingerprint density at radius 1 is 1.32 bits per heavy atom. The number of piperidine rings is 1. The number of pyridine rings is 1. The van der Waals surface area contributed by atoms with Crippen molar-refractivity contribution >= 4 is 0 Å². The lowest BCUT2D eigenvalue weighted by Crippen LogP contribution is -2.44. The highest BCUT2D eigenvalue weighted by Gasteiger charge is 2.45. The zero-order valence-electron chi connectivity index (χ0n) is 10.4. The van der Waals surface area contributed by atoms with Gasteiger partial charge in [0, 0.05) is 24.3 Å². The van der Waals surface area contributed by atoms with Crippen LogP contribution in [0.15, 0.2) is 18.3 Å². The SMILES string of the molecule is CC1N[C@H]2CC1CC2Oc1ccc(C(F)(F)F)cn1. The molecule has 0 spiro atoms. The second kappa shape index (κ2) is 4.37. The van der Waals surface area contributed by atoms with E-state index in [4.69, 9.17) is 4.74 Å². The van der Waals surface area contributed by atoms with Crippen molar-refractivity contribution in [2.24, 2.45) is 5.92 Å². The fourth-order valence-corrected chi connectivity index (χ4v) is 3.00. The fraction of sp³-hybridized carbons (Fsp3) is 0.615. The zero-order chi connectivity index (χ0) is 13.6. The summed E-state index contributed by atoms with van der Waals surface area (Å²) in [6.45, 7) is 2.15. The van der Waals surface area contributed by atoms with Gasteiger partial charge in [0.1, 0.15) is 6.10 Å². The minimum absolute atomic E-state index is 0.0189. The number of hydrogen-bond acceptors (Lipinski definition) is 3. The summed E-state index contributed by atoms with van der Waals surface area (Å²) >= 11 is 0. The molecule has 1 saturated heterocycles. The molecule has 104 valence electrons. The predicted molar refractivity (Wildman–Crippen MR) is 62.8 cm³/mol. The van der Waals surface area contributed by atoms with Gasteiger partial charge in [0.05, 0.1) is 5.56 Å². The van der Waals surface area contributed by atoms with Gasteiger partial charge in [-0.2, -0.15) is 13.2 Å². The Morgan fingerprint density at radius 2 is 2.11 bits per heavy atom. The molecule has 3 unspecified atom stereocenters. The van der Waals surface area contributed by atoms with Gasteiger partial charge in [-0.15, -0.1) is 0 Å². The molecule has 1 N–H and O–H groups in total. The van der Waals surface area contributed by atoms with Crippen LogP contribution in [0.4, 0.5) is 13.2 Å². The first-order valence-electron chi connectivity index (χ1n) is 6.39. The van der Waals surface area contributed by atoms with E-state index in [-0.39, 0.29) is 12.0 Å². The van der Waals surface area contributed by atoms with Gasteiger partial charge in [0.15, 0.2) is 0 Å². The van der Waals surface area contributed by atoms with Crippen LogP contribution in [0.2, 0.25) is 0 Å². The van der Waals surface area contributed by atoms with E-state index < -0.39 is 11.7 Å². The topological polar surface area (TPSA) is 34.1 Å². The Bertz CT molecular complexity index is 458. The van der Waals surface area contributed by atoms with Crippen LogP contribution in [0.1, 0.15) is 25.3 Å². The third-order valence-electron chi connectivity index (χ3n) is 4.06. The van der Waals surface area contributed by atoms with E-state index in [0.29, 0.717) is 18.0 Å². The minimum Gasteiger partial charge on any atom is -0.473 e. The van der Waals surface area contributed by atoms with Gasteiger partial charge in [-0.25, -0.2) is 4.98 Å². The first-order chi connectivity index (χ1) is 8.93. The van der Waals surface area contributed by atoms with E-state index in [2.05, 4.69) is 17.2 Å². The van der Waals surface area contributed by atoms with Crippen LogP contribution in [0.25, 0.3) is 0 Å². The lowest BCUT2D eigenvalue weighted by atomic mass is 10.0. The predicted octanol–water partition coefficient (Wildman–Crippen LogP) is 2.62. The standard InChI is InChI=1S/C13H15F3N2O/c1-7-8-4-10(18-7)11(5-8)19-12-3-2-9(6-17-12)13(14,15)16/h2-3,6-8,10-11,18H,4-5H2,1H3/t7?,8?,10-,11?/m0/s1. The van der Waals surface area contributed by atoms with Crippen LogP contribution < -0.4 is 10.1 Å². The molecule has 1 aromatic heterocycles. The molecule has 0 aromatic carbocycles. The minimum atomic E-state index is -4.35. The maximum atomic E-state index is 12.4. The van der Waals surface area contributed by atoms with Crippen LogP contribution in [-0.4, -0.2) is 23.2 Å². The molecule has 3 rings (SSSR count). The second-order valence-corrected chi connectivity index (χ2v) is 5.33. The van der Waals surface area contributed by atoms with Crippen molar-refractivity contribution in [3.63, 3.8) is 0 Å². The van der Waals surface area contributed by atoms with E-state index >= 15 is 0 Å². The molecule has 4 atom stereocenters. The van der Waals surface area contributed by atoms with E-state index in [0.717, 1.165) is 25.1 Å². The molecule has 3 nitrogen and oxygen atoms in total. The molecule has 2 aliphatic rings. The summed E-state index contributed by atoms with van der Waals surface area (Å²) in [6, 6.07) is 3.10. The van der Waals surface area contributed by atoms with Gasteiger partial charge in [0.25, 0.3) is 0 Å². The molecule has 1 aliphatic heterocycles. The molecule has 19 heavy (non-hydrogen) atoms. The number of fused-ring (bicyclic) bond motifs is 2. The number of nitrogens with one attached hydrogen (secondary N) is 1. The largest absolute Gasteiger partial charge is 0.473 e. The van der Waals surface area contributed by atoms with Crippen molar-refractivity contribution in [3.05, 3.63) is 23.9 Å². The average Bonchev–Trinajstić information content (AvgIpc) is 2.87. The van der Waals surface area contributed by atoms with Crippen molar-refractivity contribution in [1.82, 2.24) is 10.3 Å². The first kappa shape index (κ1) is 12.7. The van der Waals surface area contributed by atoms with E-state index in [1.165, 1.54) is 6.07 Å². The maximum Gasteiger partial charge on any atom is 0.417 e. The number of halogens is 3. The summed E-state index contributed by atoms with van der Waals surface area (Å²) in [5.74, 6) is 0.865. The van der Waals surface area contributed by atoms with Crippen LogP contribution in [0.5, 0.6) is 5.88 Å². The molecule has 0 radical (unpaired) electrons. The van der Waals surface area contributed by atoms with Crippen molar-refractivity contribution < 1.29 is 17.9 Å². The monoisotopic (exact) mass is 272 g/mol. The van der Waals surface area contributed by atoms with E-state index in [1.807, 2.05) is 0 Å². The Hall–Kier alpha value is -1.30. The lowest BCUT2D eigenvalue weighted by molar-refractivity contribution is -0.137. The maximum absolute atomic E-state index is 12.4. The number of ether oxygens (including phenoxy) is 1. The molecule has 1 aliphatic carbocycles. The van der Waals surface area contributed by atoms with Gasteiger partial charge in [0.2, 0.25) is 5.88 Å². The Kier molecular flexibility index (Phi) is 2.92.